The summed E-state index contributed by atoms with van der Waals surface area (Å²) in [5.74, 6) is -1.79. The van der Waals surface area contributed by atoms with Gasteiger partial charge in [0.2, 0.25) is 5.91 Å². The number of carboxylic acids is 1. The lowest BCUT2D eigenvalue weighted by Crippen LogP contribution is -2.49. The van der Waals surface area contributed by atoms with Gasteiger partial charge in [-0.15, -0.1) is 0 Å². The van der Waals surface area contributed by atoms with Crippen LogP contribution < -0.4 is 10.6 Å². The van der Waals surface area contributed by atoms with Crippen LogP contribution in [0, 0.1) is 0 Å². The molecule has 4 N–H and O–H groups in total. The minimum Gasteiger partial charge on any atom is -0.480 e. The Bertz CT molecular complexity index is 289. The molecule has 104 valence electrons. The number of amides is 1. The van der Waals surface area contributed by atoms with Crippen molar-refractivity contribution in [2.45, 2.75) is 38.0 Å². The van der Waals surface area contributed by atoms with Crippen LogP contribution in [-0.4, -0.2) is 60.0 Å². The Labute approximate surface area is 106 Å². The molecule has 0 saturated carbocycles. The average molecular weight is 260 g/mol. The largest absolute Gasteiger partial charge is 0.480 e. The highest BCUT2D eigenvalue weighted by molar-refractivity contribution is 5.84. The summed E-state index contributed by atoms with van der Waals surface area (Å²) < 4.78 is 5.38. The molecule has 1 aliphatic rings. The highest BCUT2D eigenvalue weighted by atomic mass is 16.5. The highest BCUT2D eigenvalue weighted by Gasteiger charge is 2.25. The van der Waals surface area contributed by atoms with Crippen molar-refractivity contribution >= 4 is 11.9 Å². The normalized spacial score (nSPS) is 20.1. The number of rotatable bonds is 6. The lowest BCUT2D eigenvalue weighted by atomic mass is 10.1. The molecule has 0 aromatic carbocycles. The number of aliphatic hydroxyl groups excluding tert-OH is 1. The van der Waals surface area contributed by atoms with Crippen molar-refractivity contribution in [1.82, 2.24) is 10.6 Å². The number of hydrogen-bond acceptors (Lipinski definition) is 5. The molecule has 0 spiro atoms. The van der Waals surface area contributed by atoms with E-state index >= 15 is 0 Å². The predicted octanol–water partition coefficient (Wildman–Crippen LogP) is -1.29. The first-order valence-electron chi connectivity index (χ1n) is 6.03. The van der Waals surface area contributed by atoms with Gasteiger partial charge in [-0.2, -0.15) is 0 Å². The van der Waals surface area contributed by atoms with Crippen molar-refractivity contribution in [3.05, 3.63) is 0 Å². The predicted molar refractivity (Wildman–Crippen MR) is 63.1 cm³/mol. The second-order valence-electron chi connectivity index (χ2n) is 4.38. The molecule has 0 aromatic rings. The Hall–Kier alpha value is -1.18. The number of piperidine rings is 1. The topological polar surface area (TPSA) is 108 Å². The van der Waals surface area contributed by atoms with E-state index in [1.165, 1.54) is 6.92 Å². The lowest BCUT2D eigenvalue weighted by Gasteiger charge is -2.23. The Kier molecular flexibility index (Phi) is 6.03. The van der Waals surface area contributed by atoms with E-state index in [1.54, 1.807) is 0 Å². The van der Waals surface area contributed by atoms with Gasteiger partial charge in [0.15, 0.2) is 6.04 Å². The van der Waals surface area contributed by atoms with Crippen LogP contribution in [0.1, 0.15) is 19.8 Å². The van der Waals surface area contributed by atoms with Crippen molar-refractivity contribution in [3.8, 4) is 0 Å². The zero-order valence-electron chi connectivity index (χ0n) is 10.4. The molecule has 7 heteroatoms. The van der Waals surface area contributed by atoms with E-state index < -0.39 is 24.0 Å². The Morgan fingerprint density at radius 3 is 2.56 bits per heavy atom. The average Bonchev–Trinajstić information content (AvgIpc) is 2.34. The first-order valence-corrected chi connectivity index (χ1v) is 6.03. The molecule has 0 bridgehead atoms. The van der Waals surface area contributed by atoms with Gasteiger partial charge in [-0.3, -0.25) is 4.79 Å². The molecule has 1 heterocycles. The molecule has 1 fully saturated rings. The minimum absolute atomic E-state index is 0.0341. The van der Waals surface area contributed by atoms with Crippen LogP contribution in [0.25, 0.3) is 0 Å². The number of carboxylic acid groups (broad SMARTS) is 1. The lowest BCUT2D eigenvalue weighted by molar-refractivity contribution is -0.146. The maximum Gasteiger partial charge on any atom is 0.328 e. The van der Waals surface area contributed by atoms with Gasteiger partial charge in [0.1, 0.15) is 6.61 Å². The molecule has 1 saturated heterocycles. The second kappa shape index (κ2) is 7.30. The van der Waals surface area contributed by atoms with E-state index in [9.17, 15) is 14.7 Å². The molecule has 0 aliphatic carbocycles. The maximum absolute atomic E-state index is 11.5. The monoisotopic (exact) mass is 260 g/mol. The molecule has 1 amide bonds. The van der Waals surface area contributed by atoms with Gasteiger partial charge in [-0.25, -0.2) is 4.79 Å². The molecule has 2 atom stereocenters. The van der Waals surface area contributed by atoms with E-state index in [0.717, 1.165) is 25.9 Å². The summed E-state index contributed by atoms with van der Waals surface area (Å²) in [6.07, 6.45) is 0.565. The van der Waals surface area contributed by atoms with Crippen LogP contribution in [0.15, 0.2) is 0 Å². The van der Waals surface area contributed by atoms with Gasteiger partial charge in [0.25, 0.3) is 0 Å². The number of hydrogen-bond donors (Lipinski definition) is 4. The van der Waals surface area contributed by atoms with E-state index in [-0.39, 0.29) is 12.7 Å². The zero-order valence-corrected chi connectivity index (χ0v) is 10.4. The minimum atomic E-state index is -1.30. The molecule has 0 unspecified atom stereocenters. The smallest absolute Gasteiger partial charge is 0.328 e. The number of ether oxygens (including phenoxy) is 1. The second-order valence-corrected chi connectivity index (χ2v) is 4.38. The van der Waals surface area contributed by atoms with Crippen LogP contribution in [0.4, 0.5) is 0 Å². The molecule has 7 nitrogen and oxygen atoms in total. The highest BCUT2D eigenvalue weighted by Crippen LogP contribution is 2.06. The standard InChI is InChI=1S/C11H20N2O5/c1-7(14)10(11(16)17)13-9(15)6-18-8-2-4-12-5-3-8/h7-8,10,12,14H,2-6H2,1H3,(H,13,15)(H,16,17)/t7-,10+/m1/s1. The van der Waals surface area contributed by atoms with Gasteiger partial charge in [-0.1, -0.05) is 0 Å². The number of carbonyl (C=O) groups excluding carboxylic acids is 1. The summed E-state index contributed by atoms with van der Waals surface area (Å²) in [7, 11) is 0. The third-order valence-electron chi connectivity index (χ3n) is 2.80. The summed E-state index contributed by atoms with van der Waals surface area (Å²) >= 11 is 0. The van der Waals surface area contributed by atoms with Crippen LogP contribution in [-0.2, 0) is 14.3 Å². The van der Waals surface area contributed by atoms with Gasteiger partial charge in [0, 0.05) is 0 Å². The third-order valence-corrected chi connectivity index (χ3v) is 2.80. The molecular formula is C11H20N2O5. The number of nitrogens with one attached hydrogen (secondary N) is 2. The summed E-state index contributed by atoms with van der Waals surface area (Å²) in [5.41, 5.74) is 0. The first-order chi connectivity index (χ1) is 8.50. The van der Waals surface area contributed by atoms with Crippen molar-refractivity contribution in [2.75, 3.05) is 19.7 Å². The maximum atomic E-state index is 11.5. The quantitative estimate of drug-likeness (QED) is 0.473. The van der Waals surface area contributed by atoms with E-state index in [1.807, 2.05) is 0 Å². The van der Waals surface area contributed by atoms with Crippen molar-refractivity contribution in [2.24, 2.45) is 0 Å². The van der Waals surface area contributed by atoms with Crippen LogP contribution in [0.2, 0.25) is 0 Å². The fourth-order valence-electron chi connectivity index (χ4n) is 1.76. The van der Waals surface area contributed by atoms with Crippen LogP contribution >= 0.6 is 0 Å². The van der Waals surface area contributed by atoms with Crippen molar-refractivity contribution in [1.29, 1.82) is 0 Å². The molecule has 18 heavy (non-hydrogen) atoms. The van der Waals surface area contributed by atoms with Gasteiger partial charge in [-0.05, 0) is 32.9 Å². The zero-order chi connectivity index (χ0) is 13.5. The number of aliphatic carboxylic acids is 1. The summed E-state index contributed by atoms with van der Waals surface area (Å²) in [6.45, 7) is 2.85. The fourth-order valence-corrected chi connectivity index (χ4v) is 1.76. The third kappa shape index (κ3) is 4.99. The van der Waals surface area contributed by atoms with E-state index in [2.05, 4.69) is 10.6 Å². The SMILES string of the molecule is C[C@@H](O)[C@H](NC(=O)COC1CCNCC1)C(=O)O. The van der Waals surface area contributed by atoms with Crippen molar-refractivity contribution < 1.29 is 24.5 Å². The van der Waals surface area contributed by atoms with Crippen LogP contribution in [0.3, 0.4) is 0 Å². The van der Waals surface area contributed by atoms with E-state index in [4.69, 9.17) is 9.84 Å². The van der Waals surface area contributed by atoms with Gasteiger partial charge in [0.05, 0.1) is 12.2 Å². The van der Waals surface area contributed by atoms with Gasteiger partial charge >= 0.3 is 5.97 Å². The summed E-state index contributed by atoms with van der Waals surface area (Å²) in [6, 6.07) is -1.30. The summed E-state index contributed by atoms with van der Waals surface area (Å²) in [4.78, 5) is 22.2. The van der Waals surface area contributed by atoms with Crippen molar-refractivity contribution in [3.63, 3.8) is 0 Å². The molecule has 1 aliphatic heterocycles. The Morgan fingerprint density at radius 2 is 2.06 bits per heavy atom. The number of carbonyl (C=O) groups is 2. The molecule has 1 rings (SSSR count). The first kappa shape index (κ1) is 14.9. The molecule has 0 radical (unpaired) electrons. The summed E-state index contributed by atoms with van der Waals surface area (Å²) in [5, 5.41) is 23.4. The van der Waals surface area contributed by atoms with Crippen LogP contribution in [0.5, 0.6) is 0 Å². The number of aliphatic hydroxyl groups is 1. The Balaban J connectivity index is 2.29. The molecular weight excluding hydrogens is 240 g/mol. The molecule has 0 aromatic heterocycles. The van der Waals surface area contributed by atoms with E-state index in [0.29, 0.717) is 0 Å². The van der Waals surface area contributed by atoms with Gasteiger partial charge < -0.3 is 25.6 Å². The fraction of sp³-hybridized carbons (Fsp3) is 0.818. The Morgan fingerprint density at radius 1 is 1.44 bits per heavy atom.